The van der Waals surface area contributed by atoms with Gasteiger partial charge in [0.15, 0.2) is 12.4 Å². The van der Waals surface area contributed by atoms with Gasteiger partial charge in [-0.2, -0.15) is 4.57 Å². The van der Waals surface area contributed by atoms with Gasteiger partial charge >= 0.3 is 11.9 Å². The van der Waals surface area contributed by atoms with Crippen molar-refractivity contribution in [3.05, 3.63) is 133 Å². The third kappa shape index (κ3) is 28.0. The summed E-state index contributed by atoms with van der Waals surface area (Å²) in [6, 6.07) is 26.2. The van der Waals surface area contributed by atoms with Crippen LogP contribution in [0.2, 0.25) is 0 Å². The monoisotopic (exact) mass is 1200 g/mol. The number of halogens is 4. The van der Waals surface area contributed by atoms with Gasteiger partial charge in [0.1, 0.15) is 28.1 Å². The van der Waals surface area contributed by atoms with Crippen LogP contribution in [-0.4, -0.2) is 105 Å². The molecule has 0 spiro atoms. The fourth-order valence-corrected chi connectivity index (χ4v) is 4.71. The second kappa shape index (κ2) is 34.1. The van der Waals surface area contributed by atoms with Gasteiger partial charge < -0.3 is 40.3 Å². The number of pyridine rings is 2. The van der Waals surface area contributed by atoms with Crippen LogP contribution >= 0.6 is 67.4 Å². The Balaban J connectivity index is 0.000000896. The lowest BCUT2D eigenvalue weighted by molar-refractivity contribution is -0.685. The highest BCUT2D eigenvalue weighted by molar-refractivity contribution is 14.0. The molecule has 5 rings (SSSR count). The number of anilines is 3. The zero-order chi connectivity index (χ0) is 50.5. The number of amides is 5. The van der Waals surface area contributed by atoms with Gasteiger partial charge in [-0.25, -0.2) is 4.79 Å². The van der Waals surface area contributed by atoms with Gasteiger partial charge in [-0.1, -0.05) is 31.9 Å². The van der Waals surface area contributed by atoms with Crippen molar-refractivity contribution >= 4 is 131 Å². The van der Waals surface area contributed by atoms with Crippen molar-refractivity contribution in [1.29, 1.82) is 0 Å². The highest BCUT2D eigenvalue weighted by Gasteiger charge is 2.16. The molecule has 5 amide bonds. The Hall–Kier alpha value is -6.30. The number of hydrogen-bond donors (Lipinski definition) is 4. The molecule has 0 radical (unpaired) electrons. The maximum Gasteiger partial charge on any atom is 0.378 e. The lowest BCUT2D eigenvalue weighted by Gasteiger charge is -2.09. The Morgan fingerprint density at radius 3 is 1.38 bits per heavy atom. The number of phenols is 1. The molecule has 2 heterocycles. The highest BCUT2D eigenvalue weighted by atomic mass is 127. The molecule has 0 unspecified atom stereocenters. The molecule has 0 saturated carbocycles. The van der Waals surface area contributed by atoms with Gasteiger partial charge in [0, 0.05) is 84.5 Å². The third-order valence-electron chi connectivity index (χ3n) is 7.35. The van der Waals surface area contributed by atoms with Crippen LogP contribution in [0.4, 0.5) is 17.1 Å². The minimum atomic E-state index is -0.466. The van der Waals surface area contributed by atoms with Crippen LogP contribution < -0.4 is 30.0 Å². The van der Waals surface area contributed by atoms with Gasteiger partial charge in [0.2, 0.25) is 29.5 Å². The van der Waals surface area contributed by atoms with Crippen LogP contribution in [0.3, 0.4) is 0 Å². The summed E-state index contributed by atoms with van der Waals surface area (Å²) in [4.78, 5) is 94.7. The van der Waals surface area contributed by atoms with Gasteiger partial charge in [0.25, 0.3) is 11.8 Å². The average molecular weight is 1200 g/mol. The van der Waals surface area contributed by atoms with E-state index < -0.39 is 5.97 Å². The molecule has 4 N–H and O–H groups in total. The number of ether oxygens (including phenoxy) is 2. The number of phenolic OH excluding ortho intramolecular Hbond substituents is 1. The molecule has 0 aliphatic carbocycles. The smallest absolute Gasteiger partial charge is 0.378 e. The number of benzene rings is 3. The van der Waals surface area contributed by atoms with Crippen molar-refractivity contribution in [1.82, 2.24) is 14.8 Å². The molecule has 0 bridgehead atoms. The predicted octanol–water partition coefficient (Wildman–Crippen LogP) is 7.08. The summed E-state index contributed by atoms with van der Waals surface area (Å²) in [6.45, 7) is 4.26. The topological polar surface area (TPSA) is 235 Å². The van der Waals surface area contributed by atoms with Crippen molar-refractivity contribution < 1.29 is 57.5 Å². The van der Waals surface area contributed by atoms with Crippen LogP contribution in [0, 0.1) is 0 Å². The number of aromatic hydroxyl groups is 1. The number of rotatable bonds is 11. The molecule has 3 aromatic carbocycles. The molecule has 0 fully saturated rings. The van der Waals surface area contributed by atoms with E-state index in [2.05, 4.69) is 52.8 Å². The van der Waals surface area contributed by atoms with Gasteiger partial charge in [-0.15, -0.1) is 24.0 Å². The fourth-order valence-electron chi connectivity index (χ4n) is 4.59. The lowest BCUT2D eigenvalue weighted by atomic mass is 10.2. The second-order valence-corrected chi connectivity index (χ2v) is 15.2. The zero-order valence-electron chi connectivity index (χ0n) is 38.0. The van der Waals surface area contributed by atoms with Crippen molar-refractivity contribution in [2.45, 2.75) is 27.3 Å². The predicted molar refractivity (Wildman–Crippen MR) is 276 cm³/mol. The molecule has 18 nitrogen and oxygen atoms in total. The number of carbonyl (C=O) groups excluding carboxylic acids is 8. The molecule has 0 atom stereocenters. The normalized spacial score (nSPS) is 9.32. The lowest BCUT2D eigenvalue weighted by Crippen LogP contribution is -2.40. The molecule has 5 aromatic rings. The Morgan fingerprint density at radius 2 is 1.01 bits per heavy atom. The number of alkyl halides is 2. The van der Waals surface area contributed by atoms with Crippen molar-refractivity contribution in [2.24, 2.45) is 0 Å². The summed E-state index contributed by atoms with van der Waals surface area (Å²) >= 11 is 10.6. The van der Waals surface area contributed by atoms with E-state index in [9.17, 15) is 38.4 Å². The van der Waals surface area contributed by atoms with E-state index in [4.69, 9.17) is 26.2 Å². The maximum atomic E-state index is 12.1. The molecule has 364 valence electrons. The highest BCUT2D eigenvalue weighted by Crippen LogP contribution is 2.17. The third-order valence-corrected chi connectivity index (χ3v) is 8.78. The van der Waals surface area contributed by atoms with E-state index in [1.807, 2.05) is 0 Å². The number of nitrogens with zero attached hydrogens (tertiary/aromatic N) is 4. The first-order chi connectivity index (χ1) is 31.6. The maximum absolute atomic E-state index is 12.1. The van der Waals surface area contributed by atoms with E-state index in [1.54, 1.807) is 142 Å². The molecule has 0 aliphatic heterocycles. The van der Waals surface area contributed by atoms with Crippen LogP contribution in [-0.2, 0) is 35.3 Å². The summed E-state index contributed by atoms with van der Waals surface area (Å²) < 4.78 is 11.8. The second-order valence-electron chi connectivity index (χ2n) is 13.6. The van der Waals surface area contributed by atoms with Crippen LogP contribution in [0.15, 0.2) is 122 Å². The van der Waals surface area contributed by atoms with Crippen LogP contribution in [0.25, 0.3) is 0 Å². The summed E-state index contributed by atoms with van der Waals surface area (Å²) in [5, 5.41) is 16.7. The van der Waals surface area contributed by atoms with Crippen LogP contribution in [0.5, 0.6) is 17.2 Å². The molecule has 22 heteroatoms. The van der Waals surface area contributed by atoms with Crippen molar-refractivity contribution in [3.8, 4) is 17.2 Å². The molecule has 2 aromatic heterocycles. The average Bonchev–Trinajstić information content (AvgIpc) is 3.28. The van der Waals surface area contributed by atoms with E-state index in [0.717, 1.165) is 0 Å². The van der Waals surface area contributed by atoms with Crippen molar-refractivity contribution in [2.75, 3.05) is 54.8 Å². The number of nitrogens with one attached hydrogen (secondary N) is 3. The largest absolute Gasteiger partial charge is 0.508 e. The zero-order valence-corrected chi connectivity index (χ0v) is 44.3. The van der Waals surface area contributed by atoms with Gasteiger partial charge in [-0.3, -0.25) is 38.5 Å². The Bertz CT molecular complexity index is 2400. The number of carbonyl (C=O) groups is 8. The van der Waals surface area contributed by atoms with Gasteiger partial charge in [-0.05, 0) is 103 Å². The minimum Gasteiger partial charge on any atom is -0.508 e. The minimum absolute atomic E-state index is 0. The molecular formula is C46H52Br2ClIN7O11+. The molecule has 0 saturated heterocycles. The number of aromatic nitrogens is 2. The number of hydrogen-bond acceptors (Lipinski definition) is 12. The SMILES string of the molecule is CC(=O)Nc1ccc(O)cc1.CC(=O)Nc1ccc(OC(=O)CBr)cc1.CC(=O)Nc1ccc(OC(=O)C[n+]2cccc(C(=O)N(C)C)c2)cc1.CN(C)C(=O)c1cccnc1.I.O=C(Cl)CBr. The van der Waals surface area contributed by atoms with E-state index in [0.29, 0.717) is 39.7 Å². The Labute approximate surface area is 433 Å². The van der Waals surface area contributed by atoms with Crippen molar-refractivity contribution in [3.63, 3.8) is 0 Å². The molecule has 68 heavy (non-hydrogen) atoms. The Morgan fingerprint density at radius 1 is 0.618 bits per heavy atom. The summed E-state index contributed by atoms with van der Waals surface area (Å²) in [5.74, 6) is -0.388. The van der Waals surface area contributed by atoms with E-state index in [1.165, 1.54) is 42.7 Å². The Kier molecular flexibility index (Phi) is 30.9. The van der Waals surface area contributed by atoms with E-state index in [-0.39, 0.29) is 87.7 Å². The fraction of sp³-hybridized carbons (Fsp3) is 0.217. The quantitative estimate of drug-likeness (QED) is 0.0198. The van der Waals surface area contributed by atoms with Crippen LogP contribution in [0.1, 0.15) is 41.5 Å². The molecular weight excluding hydrogens is 1150 g/mol. The summed E-state index contributed by atoms with van der Waals surface area (Å²) in [5.41, 5.74) is 3.09. The number of esters is 2. The molecule has 0 aliphatic rings. The first-order valence-electron chi connectivity index (χ1n) is 19.5. The van der Waals surface area contributed by atoms with Gasteiger partial charge in [0.05, 0.1) is 10.9 Å². The summed E-state index contributed by atoms with van der Waals surface area (Å²) in [6.07, 6.45) is 6.49. The first-order valence-corrected chi connectivity index (χ1v) is 22.1. The van der Waals surface area contributed by atoms with E-state index >= 15 is 0 Å². The summed E-state index contributed by atoms with van der Waals surface area (Å²) in [7, 11) is 6.77. The first kappa shape index (κ1) is 61.7. The standard InChI is InChI=1S/C18H19N3O4.C10H10BrNO3.C8H10N2O.C8H9NO2.C2H2BrClO.HI/c1-13(22)19-15-6-8-16(9-7-15)25-17(23)12-21-10-4-5-14(11-21)18(24)20(2)3;1-7(13)12-8-2-4-9(5-3-8)15-10(14)6-11;1-10(2)8(11)7-4-3-5-9-6-7;1-6(10)9-7-2-4-8(11)5-3-7;3-1-2(4)5;/h4-11H,12H2,1-3H3;2-5H,6H2,1H3,(H,12,13);3-6H,1-2H3;2-5,11H,1H3,(H,9,10);1H2;1H/p+1.